The maximum absolute atomic E-state index is 12.8. The summed E-state index contributed by atoms with van der Waals surface area (Å²) in [5.74, 6) is -1.47. The van der Waals surface area contributed by atoms with Crippen LogP contribution in [0.3, 0.4) is 0 Å². The summed E-state index contributed by atoms with van der Waals surface area (Å²) in [6.07, 6.45) is 7.02. The number of aliphatic hydroxyl groups excluding tert-OH is 1. The van der Waals surface area contributed by atoms with Crippen LogP contribution < -0.4 is 0 Å². The predicted molar refractivity (Wildman–Crippen MR) is 101 cm³/mol. The molecular weight excluding hydrogens is 344 g/mol. The van der Waals surface area contributed by atoms with E-state index >= 15 is 0 Å². The lowest BCUT2D eigenvalue weighted by molar-refractivity contribution is -0.139. The Morgan fingerprint density at radius 1 is 1.15 bits per heavy atom. The fourth-order valence-corrected chi connectivity index (χ4v) is 3.22. The average Bonchev–Trinajstić information content (AvgIpc) is 2.93. The van der Waals surface area contributed by atoms with Crippen molar-refractivity contribution in [2.75, 3.05) is 27.2 Å². The van der Waals surface area contributed by atoms with E-state index in [9.17, 15) is 14.7 Å². The molecule has 7 nitrogen and oxygen atoms in total. The van der Waals surface area contributed by atoms with Gasteiger partial charge in [0, 0.05) is 36.9 Å². The van der Waals surface area contributed by atoms with E-state index in [0.29, 0.717) is 24.1 Å². The van der Waals surface area contributed by atoms with Crippen molar-refractivity contribution in [2.45, 2.75) is 12.5 Å². The molecule has 1 fully saturated rings. The molecular formula is C20H22N4O3. The van der Waals surface area contributed by atoms with Gasteiger partial charge in [-0.25, -0.2) is 0 Å². The van der Waals surface area contributed by atoms with Gasteiger partial charge in [0.1, 0.15) is 5.76 Å². The highest BCUT2D eigenvalue weighted by Crippen LogP contribution is 2.38. The number of hydrogen-bond donors (Lipinski definition) is 1. The lowest BCUT2D eigenvalue weighted by Gasteiger charge is -2.25. The normalized spacial score (nSPS) is 19.1. The molecule has 2 aromatic heterocycles. The van der Waals surface area contributed by atoms with E-state index in [0.717, 1.165) is 6.54 Å². The Hall–Kier alpha value is -3.06. The Morgan fingerprint density at radius 3 is 2.52 bits per heavy atom. The SMILES string of the molecule is CN(C)CCCN1C(=O)C(=O)/C(=C(/O)c2ccncc2)[C@H]1c1cccnc1. The molecule has 0 aliphatic carbocycles. The average molecular weight is 366 g/mol. The minimum Gasteiger partial charge on any atom is -0.507 e. The number of carbonyl (C=O) groups excluding carboxylic acids is 2. The third kappa shape index (κ3) is 3.88. The number of rotatable bonds is 6. The van der Waals surface area contributed by atoms with Crippen molar-refractivity contribution in [3.8, 4) is 0 Å². The first-order valence-electron chi connectivity index (χ1n) is 8.74. The number of likely N-dealkylation sites (tertiary alicyclic amines) is 1. The van der Waals surface area contributed by atoms with Gasteiger partial charge in [0.15, 0.2) is 0 Å². The van der Waals surface area contributed by atoms with Crippen LogP contribution in [0.2, 0.25) is 0 Å². The van der Waals surface area contributed by atoms with Crippen LogP contribution in [0.15, 0.2) is 54.6 Å². The van der Waals surface area contributed by atoms with Gasteiger partial charge in [-0.3, -0.25) is 19.6 Å². The highest BCUT2D eigenvalue weighted by molar-refractivity contribution is 6.46. The van der Waals surface area contributed by atoms with Gasteiger partial charge in [-0.1, -0.05) is 6.07 Å². The van der Waals surface area contributed by atoms with E-state index in [2.05, 4.69) is 9.97 Å². The van der Waals surface area contributed by atoms with Gasteiger partial charge >= 0.3 is 0 Å². The standard InChI is InChI=1S/C20H22N4O3/c1-23(2)11-4-12-24-17(15-5-3-8-22-13-15)16(19(26)20(24)27)18(25)14-6-9-21-10-7-14/h3,5-10,13,17,25H,4,11-12H2,1-2H3/b18-16+/t17-/m1/s1. The number of hydrogen-bond acceptors (Lipinski definition) is 6. The second-order valence-electron chi connectivity index (χ2n) is 6.67. The quantitative estimate of drug-likeness (QED) is 0.477. The van der Waals surface area contributed by atoms with Gasteiger partial charge in [0.05, 0.1) is 11.6 Å². The van der Waals surface area contributed by atoms with Gasteiger partial charge in [0.2, 0.25) is 0 Å². The van der Waals surface area contributed by atoms with Crippen molar-refractivity contribution in [3.05, 3.63) is 65.8 Å². The highest BCUT2D eigenvalue weighted by atomic mass is 16.3. The molecule has 1 aliphatic heterocycles. The van der Waals surface area contributed by atoms with Crippen molar-refractivity contribution < 1.29 is 14.7 Å². The van der Waals surface area contributed by atoms with Crippen molar-refractivity contribution >= 4 is 17.4 Å². The topological polar surface area (TPSA) is 86.6 Å². The minimum atomic E-state index is -0.678. The van der Waals surface area contributed by atoms with Crippen LogP contribution in [0.5, 0.6) is 0 Å². The van der Waals surface area contributed by atoms with E-state index in [4.69, 9.17) is 0 Å². The summed E-state index contributed by atoms with van der Waals surface area (Å²) >= 11 is 0. The summed E-state index contributed by atoms with van der Waals surface area (Å²) < 4.78 is 0. The predicted octanol–water partition coefficient (Wildman–Crippen LogP) is 1.85. The van der Waals surface area contributed by atoms with Crippen LogP contribution >= 0.6 is 0 Å². The van der Waals surface area contributed by atoms with Gasteiger partial charge in [0.25, 0.3) is 11.7 Å². The van der Waals surface area contributed by atoms with E-state index in [-0.39, 0.29) is 11.3 Å². The maximum Gasteiger partial charge on any atom is 0.295 e. The number of nitrogens with zero attached hydrogens (tertiary/aromatic N) is 4. The fraction of sp³-hybridized carbons (Fsp3) is 0.300. The van der Waals surface area contributed by atoms with Crippen molar-refractivity contribution in [1.29, 1.82) is 0 Å². The zero-order valence-corrected chi connectivity index (χ0v) is 15.4. The summed E-state index contributed by atoms with van der Waals surface area (Å²) in [5.41, 5.74) is 1.23. The van der Waals surface area contributed by atoms with Gasteiger partial charge in [-0.05, 0) is 50.8 Å². The van der Waals surface area contributed by atoms with E-state index < -0.39 is 17.7 Å². The number of amides is 1. The number of Topliss-reactive ketones (excluding diaryl/α,β-unsaturated/α-hetero) is 1. The number of pyridine rings is 2. The van der Waals surface area contributed by atoms with Crippen molar-refractivity contribution in [2.24, 2.45) is 0 Å². The molecule has 0 unspecified atom stereocenters. The molecule has 0 bridgehead atoms. The van der Waals surface area contributed by atoms with Crippen LogP contribution in [0.4, 0.5) is 0 Å². The molecule has 0 radical (unpaired) electrons. The number of aliphatic hydroxyl groups is 1. The van der Waals surface area contributed by atoms with Crippen molar-refractivity contribution in [1.82, 2.24) is 19.8 Å². The monoisotopic (exact) mass is 366 g/mol. The molecule has 2 aromatic rings. The van der Waals surface area contributed by atoms with Crippen LogP contribution in [0.25, 0.3) is 5.76 Å². The first-order valence-corrected chi connectivity index (χ1v) is 8.74. The number of carbonyl (C=O) groups is 2. The summed E-state index contributed by atoms with van der Waals surface area (Å²) in [6, 6.07) is 6.11. The molecule has 1 N–H and O–H groups in total. The lowest BCUT2D eigenvalue weighted by Crippen LogP contribution is -2.32. The number of ketones is 1. The molecule has 0 aromatic carbocycles. The molecule has 1 aliphatic rings. The molecule has 1 atom stereocenters. The maximum atomic E-state index is 12.8. The van der Waals surface area contributed by atoms with Gasteiger partial charge < -0.3 is 14.9 Å². The van der Waals surface area contributed by atoms with Crippen LogP contribution in [0.1, 0.15) is 23.6 Å². The molecule has 27 heavy (non-hydrogen) atoms. The lowest BCUT2D eigenvalue weighted by atomic mass is 9.96. The third-order valence-corrected chi connectivity index (χ3v) is 4.50. The number of aromatic nitrogens is 2. The Kier molecular flexibility index (Phi) is 5.61. The van der Waals surface area contributed by atoms with E-state index in [1.54, 1.807) is 30.6 Å². The van der Waals surface area contributed by atoms with Gasteiger partial charge in [-0.15, -0.1) is 0 Å². The summed E-state index contributed by atoms with van der Waals surface area (Å²) in [6.45, 7) is 1.20. The van der Waals surface area contributed by atoms with Crippen LogP contribution in [0, 0.1) is 0 Å². The fourth-order valence-electron chi connectivity index (χ4n) is 3.22. The molecule has 140 valence electrons. The molecule has 7 heteroatoms. The Balaban J connectivity index is 2.05. The zero-order valence-electron chi connectivity index (χ0n) is 15.4. The van der Waals surface area contributed by atoms with E-state index in [1.165, 1.54) is 17.3 Å². The molecule has 1 amide bonds. The first-order chi connectivity index (χ1) is 13.0. The largest absolute Gasteiger partial charge is 0.507 e. The smallest absolute Gasteiger partial charge is 0.295 e. The van der Waals surface area contributed by atoms with Crippen LogP contribution in [-0.2, 0) is 9.59 Å². The Bertz CT molecular complexity index is 850. The molecule has 0 spiro atoms. The molecule has 3 heterocycles. The van der Waals surface area contributed by atoms with Gasteiger partial charge in [-0.2, -0.15) is 0 Å². The zero-order chi connectivity index (χ0) is 19.4. The molecule has 0 saturated carbocycles. The molecule has 3 rings (SSSR count). The summed E-state index contributed by atoms with van der Waals surface area (Å²) in [5, 5.41) is 10.8. The summed E-state index contributed by atoms with van der Waals surface area (Å²) in [4.78, 5) is 37.0. The second-order valence-corrected chi connectivity index (χ2v) is 6.67. The van der Waals surface area contributed by atoms with E-state index in [1.807, 2.05) is 25.1 Å². The second kappa shape index (κ2) is 8.09. The summed E-state index contributed by atoms with van der Waals surface area (Å²) in [7, 11) is 3.91. The van der Waals surface area contributed by atoms with Crippen molar-refractivity contribution in [3.63, 3.8) is 0 Å². The Morgan fingerprint density at radius 2 is 1.89 bits per heavy atom. The Labute approximate surface area is 158 Å². The van der Waals surface area contributed by atoms with Crippen LogP contribution in [-0.4, -0.2) is 63.7 Å². The first kappa shape index (κ1) is 18.7. The minimum absolute atomic E-state index is 0.0871. The molecule has 1 saturated heterocycles. The highest BCUT2D eigenvalue weighted by Gasteiger charge is 2.45. The third-order valence-electron chi connectivity index (χ3n) is 4.50.